The van der Waals surface area contributed by atoms with E-state index >= 15 is 0 Å². The van der Waals surface area contributed by atoms with Gasteiger partial charge in [0.15, 0.2) is 5.76 Å². The van der Waals surface area contributed by atoms with E-state index in [4.69, 9.17) is 9.15 Å². The SMILES string of the molecule is CCC(NC(=O)c1ccc(COc2ccc(F)cc2)o1)c1nc2ccccc2[nH]1. The third kappa shape index (κ3) is 4.29. The number of benzene rings is 2. The number of nitrogens with zero attached hydrogens (tertiary/aromatic N) is 1. The summed E-state index contributed by atoms with van der Waals surface area (Å²) in [5.74, 6) is 1.25. The van der Waals surface area contributed by atoms with E-state index in [9.17, 15) is 9.18 Å². The van der Waals surface area contributed by atoms with E-state index in [0.29, 0.717) is 23.8 Å². The lowest BCUT2D eigenvalue weighted by Crippen LogP contribution is -2.28. The average Bonchev–Trinajstić information content (AvgIpc) is 3.38. The largest absolute Gasteiger partial charge is 0.486 e. The zero-order chi connectivity index (χ0) is 20.2. The van der Waals surface area contributed by atoms with Crippen molar-refractivity contribution < 1.29 is 18.3 Å². The minimum atomic E-state index is -0.329. The van der Waals surface area contributed by atoms with Gasteiger partial charge in [-0.3, -0.25) is 4.79 Å². The summed E-state index contributed by atoms with van der Waals surface area (Å²) >= 11 is 0. The van der Waals surface area contributed by atoms with Gasteiger partial charge in [0.1, 0.15) is 29.8 Å². The van der Waals surface area contributed by atoms with Gasteiger partial charge in [-0.05, 0) is 55.0 Å². The first-order valence-corrected chi connectivity index (χ1v) is 9.35. The number of ether oxygens (including phenoxy) is 1. The van der Waals surface area contributed by atoms with Crippen LogP contribution >= 0.6 is 0 Å². The molecule has 0 aliphatic carbocycles. The molecule has 4 aromatic rings. The molecule has 6 nitrogen and oxygen atoms in total. The molecule has 2 aromatic carbocycles. The Balaban J connectivity index is 1.40. The normalized spacial score (nSPS) is 12.1. The van der Waals surface area contributed by atoms with Crippen LogP contribution in [0, 0.1) is 5.82 Å². The molecule has 0 bridgehead atoms. The van der Waals surface area contributed by atoms with Crippen LogP contribution in [0.5, 0.6) is 5.75 Å². The van der Waals surface area contributed by atoms with Gasteiger partial charge in [0.2, 0.25) is 0 Å². The number of furan rings is 1. The van der Waals surface area contributed by atoms with Crippen molar-refractivity contribution in [1.29, 1.82) is 0 Å². The summed E-state index contributed by atoms with van der Waals surface area (Å²) in [5, 5.41) is 2.94. The van der Waals surface area contributed by atoms with Crippen LogP contribution < -0.4 is 10.1 Å². The number of nitrogens with one attached hydrogen (secondary N) is 2. The smallest absolute Gasteiger partial charge is 0.287 e. The van der Waals surface area contributed by atoms with Crippen molar-refractivity contribution in [3.63, 3.8) is 0 Å². The van der Waals surface area contributed by atoms with Crippen molar-refractivity contribution >= 4 is 16.9 Å². The Bertz CT molecular complexity index is 1080. The molecule has 2 heterocycles. The third-order valence-corrected chi connectivity index (χ3v) is 4.53. The average molecular weight is 393 g/mol. The number of hydrogen-bond acceptors (Lipinski definition) is 4. The Morgan fingerprint density at radius 3 is 2.72 bits per heavy atom. The summed E-state index contributed by atoms with van der Waals surface area (Å²) in [6, 6.07) is 16.4. The maximum atomic E-state index is 12.9. The number of fused-ring (bicyclic) bond motifs is 1. The lowest BCUT2D eigenvalue weighted by atomic mass is 10.2. The number of aromatic amines is 1. The Labute approximate surface area is 166 Å². The molecule has 4 rings (SSSR count). The van der Waals surface area contributed by atoms with Crippen LogP contribution in [0.2, 0.25) is 0 Å². The van der Waals surface area contributed by atoms with E-state index in [1.807, 2.05) is 31.2 Å². The fourth-order valence-electron chi connectivity index (χ4n) is 2.99. The van der Waals surface area contributed by atoms with Gasteiger partial charge in [-0.1, -0.05) is 19.1 Å². The number of para-hydroxylation sites is 2. The second-order valence-corrected chi connectivity index (χ2v) is 6.58. The van der Waals surface area contributed by atoms with Crippen molar-refractivity contribution in [2.75, 3.05) is 0 Å². The Morgan fingerprint density at radius 2 is 1.97 bits per heavy atom. The molecule has 29 heavy (non-hydrogen) atoms. The number of H-pyrrole nitrogens is 1. The number of halogens is 1. The molecule has 1 atom stereocenters. The fourth-order valence-corrected chi connectivity index (χ4v) is 2.99. The molecule has 1 amide bonds. The molecule has 0 aliphatic heterocycles. The second kappa shape index (κ2) is 8.18. The van der Waals surface area contributed by atoms with Gasteiger partial charge >= 0.3 is 0 Å². The lowest BCUT2D eigenvalue weighted by molar-refractivity contribution is 0.0901. The predicted octanol–water partition coefficient (Wildman–Crippen LogP) is 4.76. The molecule has 0 saturated heterocycles. The molecule has 0 spiro atoms. The quantitative estimate of drug-likeness (QED) is 0.475. The number of rotatable bonds is 7. The number of amides is 1. The molecule has 2 aromatic heterocycles. The molecular formula is C22H20FN3O3. The first-order chi connectivity index (χ1) is 14.1. The summed E-state index contributed by atoms with van der Waals surface area (Å²) in [6.45, 7) is 2.11. The van der Waals surface area contributed by atoms with Crippen LogP contribution in [0.4, 0.5) is 4.39 Å². The molecule has 7 heteroatoms. The first-order valence-electron chi connectivity index (χ1n) is 9.35. The highest BCUT2D eigenvalue weighted by Gasteiger charge is 2.19. The molecule has 0 saturated carbocycles. The first kappa shape index (κ1) is 18.7. The standard InChI is InChI=1S/C22H20FN3O3/c1-2-17(21-24-18-5-3-4-6-19(18)25-21)26-22(27)20-12-11-16(29-20)13-28-15-9-7-14(23)8-10-15/h3-12,17H,2,13H2,1H3,(H,24,25)(H,26,27). The summed E-state index contributed by atoms with van der Waals surface area (Å²) in [4.78, 5) is 20.4. The molecular weight excluding hydrogens is 373 g/mol. The molecule has 148 valence electrons. The molecule has 0 aliphatic rings. The van der Waals surface area contributed by atoms with Gasteiger partial charge in [0.25, 0.3) is 5.91 Å². The monoisotopic (exact) mass is 393 g/mol. The molecule has 2 N–H and O–H groups in total. The molecule has 0 radical (unpaired) electrons. The van der Waals surface area contributed by atoms with Crippen molar-refractivity contribution in [2.24, 2.45) is 0 Å². The van der Waals surface area contributed by atoms with Crippen molar-refractivity contribution in [1.82, 2.24) is 15.3 Å². The highest BCUT2D eigenvalue weighted by atomic mass is 19.1. The van der Waals surface area contributed by atoms with E-state index < -0.39 is 0 Å². The summed E-state index contributed by atoms with van der Waals surface area (Å²) in [5.41, 5.74) is 1.78. The molecule has 1 unspecified atom stereocenters. The van der Waals surface area contributed by atoms with Crippen LogP contribution in [0.25, 0.3) is 11.0 Å². The van der Waals surface area contributed by atoms with E-state index in [1.54, 1.807) is 12.1 Å². The summed E-state index contributed by atoms with van der Waals surface area (Å²) < 4.78 is 24.1. The van der Waals surface area contributed by atoms with Gasteiger partial charge in [-0.25, -0.2) is 9.37 Å². The number of hydrogen-bond donors (Lipinski definition) is 2. The van der Waals surface area contributed by atoms with Crippen molar-refractivity contribution in [2.45, 2.75) is 26.0 Å². The minimum absolute atomic E-state index is 0.139. The third-order valence-electron chi connectivity index (χ3n) is 4.53. The van der Waals surface area contributed by atoms with Gasteiger partial charge in [-0.15, -0.1) is 0 Å². The maximum Gasteiger partial charge on any atom is 0.287 e. The van der Waals surface area contributed by atoms with Crippen LogP contribution in [0.1, 0.15) is 41.5 Å². The van der Waals surface area contributed by atoms with Gasteiger partial charge in [-0.2, -0.15) is 0 Å². The van der Waals surface area contributed by atoms with Crippen LogP contribution in [0.3, 0.4) is 0 Å². The van der Waals surface area contributed by atoms with Crippen molar-refractivity contribution in [3.05, 3.63) is 83.8 Å². The lowest BCUT2D eigenvalue weighted by Gasteiger charge is -2.13. The van der Waals surface area contributed by atoms with Crippen LogP contribution in [0.15, 0.2) is 65.1 Å². The van der Waals surface area contributed by atoms with Crippen molar-refractivity contribution in [3.8, 4) is 5.75 Å². The highest BCUT2D eigenvalue weighted by Crippen LogP contribution is 2.20. The van der Waals surface area contributed by atoms with E-state index in [0.717, 1.165) is 11.0 Å². The van der Waals surface area contributed by atoms with Gasteiger partial charge < -0.3 is 19.5 Å². The number of carbonyl (C=O) groups is 1. The second-order valence-electron chi connectivity index (χ2n) is 6.58. The van der Waals surface area contributed by atoms with Crippen LogP contribution in [-0.2, 0) is 6.61 Å². The maximum absolute atomic E-state index is 12.9. The van der Waals surface area contributed by atoms with Gasteiger partial charge in [0.05, 0.1) is 17.1 Å². The van der Waals surface area contributed by atoms with Crippen LogP contribution in [-0.4, -0.2) is 15.9 Å². The van der Waals surface area contributed by atoms with E-state index in [1.165, 1.54) is 24.3 Å². The minimum Gasteiger partial charge on any atom is -0.486 e. The Hall–Kier alpha value is -3.61. The zero-order valence-electron chi connectivity index (χ0n) is 15.8. The van der Waals surface area contributed by atoms with Gasteiger partial charge in [0, 0.05) is 0 Å². The highest BCUT2D eigenvalue weighted by molar-refractivity contribution is 5.91. The van der Waals surface area contributed by atoms with E-state index in [2.05, 4.69) is 15.3 Å². The number of carbonyl (C=O) groups excluding carboxylic acids is 1. The molecule has 0 fully saturated rings. The Kier molecular flexibility index (Phi) is 5.29. The predicted molar refractivity (Wildman–Crippen MR) is 106 cm³/mol. The Morgan fingerprint density at radius 1 is 1.17 bits per heavy atom. The fraction of sp³-hybridized carbons (Fsp3) is 0.182. The van der Waals surface area contributed by atoms with E-state index in [-0.39, 0.29) is 30.1 Å². The topological polar surface area (TPSA) is 80.2 Å². The summed E-state index contributed by atoms with van der Waals surface area (Å²) in [6.07, 6.45) is 0.673. The zero-order valence-corrected chi connectivity index (χ0v) is 15.8. The number of aromatic nitrogens is 2. The number of imidazole rings is 1. The summed E-state index contributed by atoms with van der Waals surface area (Å²) in [7, 11) is 0.